The molecule has 1 atom stereocenters. The number of aromatic nitrogens is 2. The zero-order chi connectivity index (χ0) is 13.0. The molecule has 0 aliphatic rings. The Kier molecular flexibility index (Phi) is 4.57. The van der Waals surface area contributed by atoms with E-state index in [9.17, 15) is 4.79 Å². The van der Waals surface area contributed by atoms with Crippen molar-refractivity contribution in [1.82, 2.24) is 15.1 Å². The van der Waals surface area contributed by atoms with Gasteiger partial charge in [-0.25, -0.2) is 0 Å². The minimum absolute atomic E-state index is 0.0267. The monoisotopic (exact) mass is 236 g/mol. The first kappa shape index (κ1) is 13.6. The van der Waals surface area contributed by atoms with Crippen LogP contribution in [0, 0.1) is 13.8 Å². The van der Waals surface area contributed by atoms with Crippen LogP contribution in [-0.4, -0.2) is 40.6 Å². The lowest BCUT2D eigenvalue weighted by Gasteiger charge is -2.19. The van der Waals surface area contributed by atoms with Crippen molar-refractivity contribution in [2.45, 2.75) is 33.2 Å². The summed E-state index contributed by atoms with van der Waals surface area (Å²) in [6, 6.07) is 1.87. The molecule has 5 nitrogen and oxygen atoms in total. The van der Waals surface area contributed by atoms with Crippen molar-refractivity contribution in [3.8, 4) is 0 Å². The van der Waals surface area contributed by atoms with Crippen LogP contribution in [-0.2, 0) is 0 Å². The summed E-state index contributed by atoms with van der Waals surface area (Å²) in [5.74, 6) is -0.0267. The van der Waals surface area contributed by atoms with Gasteiger partial charge in [-0.3, -0.25) is 4.79 Å². The van der Waals surface area contributed by atoms with Gasteiger partial charge in [0.2, 0.25) is 0 Å². The van der Waals surface area contributed by atoms with E-state index in [0.29, 0.717) is 17.8 Å². The quantitative estimate of drug-likeness (QED) is 0.843. The van der Waals surface area contributed by atoms with E-state index >= 15 is 0 Å². The van der Waals surface area contributed by atoms with Crippen LogP contribution in [0.25, 0.3) is 0 Å². The number of carbonyl (C=O) groups excluding carboxylic acids is 1. The topological polar surface area (TPSA) is 72.1 Å². The number of aryl methyl sites for hydroxylation is 2. The maximum Gasteiger partial charge on any atom is 0.255 e. The predicted octanol–water partition coefficient (Wildman–Crippen LogP) is 0.903. The standard InChI is InChI=1S/C12H20N4O/c1-8(13)5-6-16(4)12(17)11-7-9(2)14-15-10(11)3/h7-8H,5-6,13H2,1-4H3. The molecule has 0 saturated carbocycles. The molecule has 0 radical (unpaired) electrons. The van der Waals surface area contributed by atoms with E-state index in [1.165, 1.54) is 0 Å². The molecule has 94 valence electrons. The van der Waals surface area contributed by atoms with Crippen LogP contribution >= 0.6 is 0 Å². The van der Waals surface area contributed by atoms with E-state index in [0.717, 1.165) is 12.1 Å². The van der Waals surface area contributed by atoms with Gasteiger partial charge in [0.25, 0.3) is 5.91 Å². The third-order valence-electron chi connectivity index (χ3n) is 2.60. The van der Waals surface area contributed by atoms with Crippen LogP contribution in [0.5, 0.6) is 0 Å². The Morgan fingerprint density at radius 3 is 2.71 bits per heavy atom. The van der Waals surface area contributed by atoms with Gasteiger partial charge in [0, 0.05) is 19.6 Å². The number of hydrogen-bond donors (Lipinski definition) is 1. The SMILES string of the molecule is Cc1cc(C(=O)N(C)CCC(C)N)c(C)nn1. The lowest BCUT2D eigenvalue weighted by atomic mass is 10.1. The first-order valence-electron chi connectivity index (χ1n) is 5.73. The molecule has 1 aromatic rings. The van der Waals surface area contributed by atoms with Crippen molar-refractivity contribution >= 4 is 5.91 Å². The van der Waals surface area contributed by atoms with Crippen molar-refractivity contribution in [1.29, 1.82) is 0 Å². The Bertz CT molecular complexity index is 403. The summed E-state index contributed by atoms with van der Waals surface area (Å²) in [5, 5.41) is 7.87. The number of hydrogen-bond acceptors (Lipinski definition) is 4. The van der Waals surface area contributed by atoms with Crippen LogP contribution < -0.4 is 5.73 Å². The van der Waals surface area contributed by atoms with Crippen LogP contribution in [0.1, 0.15) is 35.1 Å². The average Bonchev–Trinajstić information content (AvgIpc) is 2.28. The molecule has 1 unspecified atom stereocenters. The van der Waals surface area contributed by atoms with E-state index in [4.69, 9.17) is 5.73 Å². The summed E-state index contributed by atoms with van der Waals surface area (Å²) in [6.07, 6.45) is 0.790. The Labute approximate surface area is 102 Å². The summed E-state index contributed by atoms with van der Waals surface area (Å²) in [7, 11) is 1.78. The first-order chi connectivity index (χ1) is 7.91. The summed E-state index contributed by atoms with van der Waals surface area (Å²) >= 11 is 0. The second kappa shape index (κ2) is 5.72. The first-order valence-corrected chi connectivity index (χ1v) is 5.73. The van der Waals surface area contributed by atoms with Gasteiger partial charge in [0.05, 0.1) is 17.0 Å². The minimum atomic E-state index is -0.0267. The third-order valence-corrected chi connectivity index (χ3v) is 2.60. The van der Waals surface area contributed by atoms with E-state index in [-0.39, 0.29) is 11.9 Å². The van der Waals surface area contributed by atoms with Gasteiger partial charge in [-0.2, -0.15) is 10.2 Å². The highest BCUT2D eigenvalue weighted by atomic mass is 16.2. The lowest BCUT2D eigenvalue weighted by Crippen LogP contribution is -2.32. The van der Waals surface area contributed by atoms with Crippen LogP contribution in [0.2, 0.25) is 0 Å². The maximum atomic E-state index is 12.1. The molecule has 0 aromatic carbocycles. The van der Waals surface area contributed by atoms with Gasteiger partial charge in [-0.05, 0) is 33.3 Å². The van der Waals surface area contributed by atoms with Gasteiger partial charge in [0.15, 0.2) is 0 Å². The maximum absolute atomic E-state index is 12.1. The highest BCUT2D eigenvalue weighted by Crippen LogP contribution is 2.08. The zero-order valence-electron chi connectivity index (χ0n) is 10.9. The molecule has 0 saturated heterocycles. The predicted molar refractivity (Wildman–Crippen MR) is 66.7 cm³/mol. The summed E-state index contributed by atoms with van der Waals surface area (Å²) in [6.45, 7) is 6.20. The Hall–Kier alpha value is -1.49. The molecular weight excluding hydrogens is 216 g/mol. The second-order valence-electron chi connectivity index (χ2n) is 4.48. The molecule has 2 N–H and O–H groups in total. The number of amides is 1. The van der Waals surface area contributed by atoms with Crippen LogP contribution in [0.15, 0.2) is 6.07 Å². The molecule has 0 fully saturated rings. The molecule has 1 heterocycles. The molecule has 0 spiro atoms. The van der Waals surface area contributed by atoms with E-state index in [1.54, 1.807) is 24.9 Å². The molecule has 1 amide bonds. The Morgan fingerprint density at radius 2 is 2.12 bits per heavy atom. The molecule has 1 aromatic heterocycles. The largest absolute Gasteiger partial charge is 0.342 e. The summed E-state index contributed by atoms with van der Waals surface area (Å²) < 4.78 is 0. The average molecular weight is 236 g/mol. The Balaban J connectivity index is 2.78. The van der Waals surface area contributed by atoms with Gasteiger partial charge in [-0.15, -0.1) is 0 Å². The number of nitrogens with zero attached hydrogens (tertiary/aromatic N) is 3. The van der Waals surface area contributed by atoms with Crippen molar-refractivity contribution in [3.63, 3.8) is 0 Å². The molecule has 1 rings (SSSR count). The Morgan fingerprint density at radius 1 is 1.47 bits per heavy atom. The van der Waals surface area contributed by atoms with Gasteiger partial charge in [0.1, 0.15) is 0 Å². The molecule has 17 heavy (non-hydrogen) atoms. The number of carbonyl (C=O) groups is 1. The van der Waals surface area contributed by atoms with Crippen LogP contribution in [0.4, 0.5) is 0 Å². The highest BCUT2D eigenvalue weighted by Gasteiger charge is 2.15. The zero-order valence-corrected chi connectivity index (χ0v) is 10.9. The van der Waals surface area contributed by atoms with E-state index < -0.39 is 0 Å². The molecule has 0 aliphatic heterocycles. The third kappa shape index (κ3) is 3.78. The highest BCUT2D eigenvalue weighted by molar-refractivity contribution is 5.95. The molecule has 0 bridgehead atoms. The summed E-state index contributed by atoms with van der Waals surface area (Å²) in [5.41, 5.74) is 7.70. The number of nitrogens with two attached hydrogens (primary N) is 1. The van der Waals surface area contributed by atoms with Crippen molar-refractivity contribution in [3.05, 3.63) is 23.0 Å². The number of rotatable bonds is 4. The van der Waals surface area contributed by atoms with Gasteiger partial charge >= 0.3 is 0 Å². The second-order valence-corrected chi connectivity index (χ2v) is 4.48. The summed E-state index contributed by atoms with van der Waals surface area (Å²) in [4.78, 5) is 13.8. The van der Waals surface area contributed by atoms with Gasteiger partial charge < -0.3 is 10.6 Å². The fourth-order valence-electron chi connectivity index (χ4n) is 1.47. The fraction of sp³-hybridized carbons (Fsp3) is 0.583. The van der Waals surface area contributed by atoms with E-state index in [2.05, 4.69) is 10.2 Å². The molecule has 5 heteroatoms. The van der Waals surface area contributed by atoms with Crippen molar-refractivity contribution in [2.75, 3.05) is 13.6 Å². The smallest absolute Gasteiger partial charge is 0.255 e. The lowest BCUT2D eigenvalue weighted by molar-refractivity contribution is 0.0790. The fourth-order valence-corrected chi connectivity index (χ4v) is 1.47. The van der Waals surface area contributed by atoms with Gasteiger partial charge in [-0.1, -0.05) is 0 Å². The molecule has 0 aliphatic carbocycles. The normalized spacial score (nSPS) is 12.3. The minimum Gasteiger partial charge on any atom is -0.342 e. The van der Waals surface area contributed by atoms with Crippen molar-refractivity contribution in [2.24, 2.45) is 5.73 Å². The van der Waals surface area contributed by atoms with Crippen LogP contribution in [0.3, 0.4) is 0 Å². The molecular formula is C12H20N4O. The van der Waals surface area contributed by atoms with E-state index in [1.807, 2.05) is 13.8 Å². The van der Waals surface area contributed by atoms with Crippen molar-refractivity contribution < 1.29 is 4.79 Å².